The summed E-state index contributed by atoms with van der Waals surface area (Å²) in [7, 11) is 1.94. The molecular formula is C7H11N3O. The zero-order valence-corrected chi connectivity index (χ0v) is 6.45. The van der Waals surface area contributed by atoms with E-state index in [9.17, 15) is 0 Å². The first-order valence-corrected chi connectivity index (χ1v) is 3.57. The molecular weight excluding hydrogens is 142 g/mol. The highest BCUT2D eigenvalue weighted by Crippen LogP contribution is 2.24. The van der Waals surface area contributed by atoms with Crippen LogP contribution < -0.4 is 5.73 Å². The number of imidazole rings is 1. The van der Waals surface area contributed by atoms with Gasteiger partial charge in [-0.3, -0.25) is 0 Å². The Kier molecular flexibility index (Phi) is 1.27. The van der Waals surface area contributed by atoms with Crippen molar-refractivity contribution in [2.45, 2.75) is 5.54 Å². The van der Waals surface area contributed by atoms with Crippen molar-refractivity contribution in [2.75, 3.05) is 13.2 Å². The molecule has 1 fully saturated rings. The topological polar surface area (TPSA) is 53.1 Å². The quantitative estimate of drug-likeness (QED) is 0.597. The van der Waals surface area contributed by atoms with Crippen molar-refractivity contribution in [2.24, 2.45) is 12.8 Å². The molecule has 2 rings (SSSR count). The van der Waals surface area contributed by atoms with Gasteiger partial charge in [0, 0.05) is 19.4 Å². The summed E-state index contributed by atoms with van der Waals surface area (Å²) in [6.45, 7) is 1.16. The molecule has 0 saturated carbocycles. The van der Waals surface area contributed by atoms with Gasteiger partial charge in [-0.15, -0.1) is 0 Å². The van der Waals surface area contributed by atoms with E-state index in [0.717, 1.165) is 5.82 Å². The monoisotopic (exact) mass is 153 g/mol. The Bertz CT molecular complexity index is 264. The van der Waals surface area contributed by atoms with Gasteiger partial charge in [-0.05, 0) is 0 Å². The van der Waals surface area contributed by atoms with Crippen LogP contribution in [0.15, 0.2) is 12.4 Å². The van der Waals surface area contributed by atoms with Crippen LogP contribution in [0.4, 0.5) is 0 Å². The number of aromatic nitrogens is 2. The fourth-order valence-corrected chi connectivity index (χ4v) is 1.30. The van der Waals surface area contributed by atoms with Gasteiger partial charge in [0.2, 0.25) is 0 Å². The van der Waals surface area contributed by atoms with Crippen molar-refractivity contribution in [3.63, 3.8) is 0 Å². The van der Waals surface area contributed by atoms with Gasteiger partial charge in [0.15, 0.2) is 0 Å². The molecule has 0 amide bonds. The smallest absolute Gasteiger partial charge is 0.133 e. The Morgan fingerprint density at radius 1 is 1.73 bits per heavy atom. The largest absolute Gasteiger partial charge is 0.376 e. The van der Waals surface area contributed by atoms with Crippen LogP contribution in [0, 0.1) is 0 Å². The predicted octanol–water partition coefficient (Wildman–Crippen LogP) is -0.396. The van der Waals surface area contributed by atoms with Crippen molar-refractivity contribution in [1.82, 2.24) is 9.55 Å². The molecule has 2 heterocycles. The lowest BCUT2D eigenvalue weighted by Crippen LogP contribution is -2.55. The molecule has 0 unspecified atom stereocenters. The average Bonchev–Trinajstić information content (AvgIpc) is 2.30. The van der Waals surface area contributed by atoms with Crippen LogP contribution in [0.5, 0.6) is 0 Å². The maximum Gasteiger partial charge on any atom is 0.133 e. The van der Waals surface area contributed by atoms with Crippen LogP contribution in [0.25, 0.3) is 0 Å². The standard InChI is InChI=1S/C7H11N3O/c1-10-3-2-9-6(10)7(8)4-11-5-7/h2-3H,4-5,8H2,1H3. The zero-order chi connectivity index (χ0) is 7.90. The molecule has 0 aromatic carbocycles. The minimum absolute atomic E-state index is 0.335. The Morgan fingerprint density at radius 3 is 2.82 bits per heavy atom. The van der Waals surface area contributed by atoms with Crippen molar-refractivity contribution >= 4 is 0 Å². The number of rotatable bonds is 1. The Balaban J connectivity index is 2.35. The van der Waals surface area contributed by atoms with Gasteiger partial charge in [0.1, 0.15) is 11.4 Å². The number of ether oxygens (including phenoxy) is 1. The molecule has 0 radical (unpaired) electrons. The fraction of sp³-hybridized carbons (Fsp3) is 0.571. The van der Waals surface area contributed by atoms with E-state index in [2.05, 4.69) is 4.98 Å². The number of nitrogens with zero attached hydrogens (tertiary/aromatic N) is 2. The van der Waals surface area contributed by atoms with E-state index in [-0.39, 0.29) is 5.54 Å². The summed E-state index contributed by atoms with van der Waals surface area (Å²) in [5.41, 5.74) is 5.63. The lowest BCUT2D eigenvalue weighted by atomic mass is 9.98. The number of hydrogen-bond acceptors (Lipinski definition) is 3. The summed E-state index contributed by atoms with van der Waals surface area (Å²) in [4.78, 5) is 4.17. The van der Waals surface area contributed by atoms with Gasteiger partial charge in [-0.1, -0.05) is 0 Å². The molecule has 1 aromatic rings. The first-order valence-electron chi connectivity index (χ1n) is 3.57. The maximum atomic E-state index is 5.96. The molecule has 0 atom stereocenters. The third-order valence-electron chi connectivity index (χ3n) is 1.99. The Labute approximate surface area is 65.0 Å². The average molecular weight is 153 g/mol. The summed E-state index contributed by atoms with van der Waals surface area (Å²) in [5.74, 6) is 0.906. The molecule has 4 nitrogen and oxygen atoms in total. The summed E-state index contributed by atoms with van der Waals surface area (Å²) < 4.78 is 6.97. The van der Waals surface area contributed by atoms with E-state index in [1.54, 1.807) is 6.20 Å². The first-order chi connectivity index (χ1) is 5.22. The molecule has 2 N–H and O–H groups in total. The van der Waals surface area contributed by atoms with Crippen molar-refractivity contribution < 1.29 is 4.74 Å². The minimum Gasteiger partial charge on any atom is -0.376 e. The number of nitrogens with two attached hydrogens (primary N) is 1. The third-order valence-corrected chi connectivity index (χ3v) is 1.99. The molecule has 1 aliphatic rings. The molecule has 0 bridgehead atoms. The minimum atomic E-state index is -0.335. The van der Waals surface area contributed by atoms with E-state index in [1.165, 1.54) is 0 Å². The molecule has 60 valence electrons. The van der Waals surface area contributed by atoms with E-state index in [4.69, 9.17) is 10.5 Å². The lowest BCUT2D eigenvalue weighted by molar-refractivity contribution is -0.0625. The maximum absolute atomic E-state index is 5.96. The van der Waals surface area contributed by atoms with Crippen LogP contribution in [0.1, 0.15) is 5.82 Å². The molecule has 1 saturated heterocycles. The highest BCUT2D eigenvalue weighted by Gasteiger charge is 2.39. The summed E-state index contributed by atoms with van der Waals surface area (Å²) in [5, 5.41) is 0. The SMILES string of the molecule is Cn1ccnc1C1(N)COC1. The van der Waals surface area contributed by atoms with E-state index >= 15 is 0 Å². The number of hydrogen-bond donors (Lipinski definition) is 1. The normalized spacial score (nSPS) is 21.3. The van der Waals surface area contributed by atoms with Crippen molar-refractivity contribution in [3.8, 4) is 0 Å². The summed E-state index contributed by atoms with van der Waals surface area (Å²) >= 11 is 0. The van der Waals surface area contributed by atoms with E-state index in [1.807, 2.05) is 17.8 Å². The third kappa shape index (κ3) is 0.868. The van der Waals surface area contributed by atoms with Gasteiger partial charge in [0.05, 0.1) is 13.2 Å². The highest BCUT2D eigenvalue weighted by molar-refractivity contribution is 5.10. The molecule has 1 aromatic heterocycles. The zero-order valence-electron chi connectivity index (χ0n) is 6.45. The Hall–Kier alpha value is -0.870. The molecule has 4 heteroatoms. The van der Waals surface area contributed by atoms with Crippen molar-refractivity contribution in [1.29, 1.82) is 0 Å². The summed E-state index contributed by atoms with van der Waals surface area (Å²) in [6, 6.07) is 0. The lowest BCUT2D eigenvalue weighted by Gasteiger charge is -2.36. The molecule has 11 heavy (non-hydrogen) atoms. The fourth-order valence-electron chi connectivity index (χ4n) is 1.30. The van der Waals surface area contributed by atoms with Gasteiger partial charge in [0.25, 0.3) is 0 Å². The van der Waals surface area contributed by atoms with Crippen LogP contribution in [-0.4, -0.2) is 22.8 Å². The second-order valence-electron chi connectivity index (χ2n) is 3.01. The van der Waals surface area contributed by atoms with Gasteiger partial charge in [-0.2, -0.15) is 0 Å². The van der Waals surface area contributed by atoms with Crippen LogP contribution in [0.2, 0.25) is 0 Å². The van der Waals surface area contributed by atoms with Gasteiger partial charge >= 0.3 is 0 Å². The van der Waals surface area contributed by atoms with E-state index in [0.29, 0.717) is 13.2 Å². The highest BCUT2D eigenvalue weighted by atomic mass is 16.5. The molecule has 0 aliphatic carbocycles. The second kappa shape index (κ2) is 2.06. The van der Waals surface area contributed by atoms with E-state index < -0.39 is 0 Å². The Morgan fingerprint density at radius 2 is 2.45 bits per heavy atom. The van der Waals surface area contributed by atoms with Gasteiger partial charge < -0.3 is 15.0 Å². The molecule has 1 aliphatic heterocycles. The van der Waals surface area contributed by atoms with Gasteiger partial charge in [-0.25, -0.2) is 4.98 Å². The van der Waals surface area contributed by atoms with Crippen LogP contribution >= 0.6 is 0 Å². The molecule has 0 spiro atoms. The predicted molar refractivity (Wildman–Crippen MR) is 39.9 cm³/mol. The van der Waals surface area contributed by atoms with Crippen LogP contribution in [0.3, 0.4) is 0 Å². The first kappa shape index (κ1) is 6.82. The van der Waals surface area contributed by atoms with Crippen molar-refractivity contribution in [3.05, 3.63) is 18.2 Å². The van der Waals surface area contributed by atoms with Crippen LogP contribution in [-0.2, 0) is 17.3 Å². The second-order valence-corrected chi connectivity index (χ2v) is 3.01. The summed E-state index contributed by atoms with van der Waals surface area (Å²) in [6.07, 6.45) is 3.64. The number of aryl methyl sites for hydroxylation is 1.